The second kappa shape index (κ2) is 7.93. The Hall–Kier alpha value is -2.31. The highest BCUT2D eigenvalue weighted by Crippen LogP contribution is 2.31. The number of hydrogen-bond donors (Lipinski definition) is 2. The predicted molar refractivity (Wildman–Crippen MR) is 102 cm³/mol. The lowest BCUT2D eigenvalue weighted by Crippen LogP contribution is -2.28. The molecule has 1 aromatic heterocycles. The number of nitrogens with zero attached hydrogens (tertiary/aromatic N) is 2. The quantitative estimate of drug-likeness (QED) is 0.761. The van der Waals surface area contributed by atoms with Gasteiger partial charge in [0.1, 0.15) is 0 Å². The predicted octanol–water partition coefficient (Wildman–Crippen LogP) is 3.69. The summed E-state index contributed by atoms with van der Waals surface area (Å²) in [5.41, 5.74) is 1.31. The maximum atomic E-state index is 12.8. The monoisotopic (exact) mass is 392 g/mol. The molecule has 136 valence electrons. The third-order valence-corrected chi connectivity index (χ3v) is 4.77. The number of benzene rings is 1. The van der Waals surface area contributed by atoms with Crippen LogP contribution in [0.25, 0.3) is 0 Å². The van der Waals surface area contributed by atoms with Crippen LogP contribution in [-0.2, 0) is 13.0 Å². The first-order valence-electron chi connectivity index (χ1n) is 8.26. The number of carbonyl (C=O) groups excluding carboxylic acids is 2. The summed E-state index contributed by atoms with van der Waals surface area (Å²) in [4.78, 5) is 29.5. The molecule has 0 spiro atoms. The third kappa shape index (κ3) is 3.61. The van der Waals surface area contributed by atoms with Gasteiger partial charge in [0.05, 0.1) is 21.4 Å². The maximum absolute atomic E-state index is 12.8. The molecule has 0 saturated heterocycles. The highest BCUT2D eigenvalue weighted by molar-refractivity contribution is 6.40. The number of rotatable bonds is 5. The minimum absolute atomic E-state index is 0.226. The van der Waals surface area contributed by atoms with Gasteiger partial charge in [0.15, 0.2) is 11.5 Å². The van der Waals surface area contributed by atoms with Crippen LogP contribution < -0.4 is 10.6 Å². The number of carbonyl (C=O) groups is 2. The molecular weight excluding hydrogens is 375 g/mol. The van der Waals surface area contributed by atoms with Gasteiger partial charge >= 0.3 is 0 Å². The molecular formula is C18H18Cl2N4O2. The first-order chi connectivity index (χ1) is 12.5. The van der Waals surface area contributed by atoms with E-state index in [1.807, 2.05) is 4.57 Å². The number of imidazole rings is 1. The number of amides is 2. The van der Waals surface area contributed by atoms with E-state index >= 15 is 0 Å². The van der Waals surface area contributed by atoms with Gasteiger partial charge < -0.3 is 15.2 Å². The average molecular weight is 393 g/mol. The topological polar surface area (TPSA) is 76.0 Å². The Labute approximate surface area is 161 Å². The molecule has 0 aliphatic carbocycles. The summed E-state index contributed by atoms with van der Waals surface area (Å²) < 4.78 is 1.81. The number of fused-ring (bicyclic) bond motifs is 1. The molecule has 1 aliphatic rings. The fraction of sp³-hybridized carbons (Fsp3) is 0.278. The molecule has 0 unspecified atom stereocenters. The van der Waals surface area contributed by atoms with E-state index in [1.165, 1.54) is 0 Å². The van der Waals surface area contributed by atoms with Crippen molar-refractivity contribution in [2.75, 3.05) is 11.9 Å². The molecule has 3 rings (SSSR count). The smallest absolute Gasteiger partial charge is 0.287 e. The van der Waals surface area contributed by atoms with E-state index in [1.54, 1.807) is 24.3 Å². The molecule has 0 bridgehead atoms. The molecule has 0 atom stereocenters. The van der Waals surface area contributed by atoms with Crippen LogP contribution in [0.1, 0.15) is 39.6 Å². The molecule has 0 saturated carbocycles. The van der Waals surface area contributed by atoms with Gasteiger partial charge in [-0.2, -0.15) is 0 Å². The highest BCUT2D eigenvalue weighted by atomic mass is 35.5. The minimum atomic E-state index is -0.437. The van der Waals surface area contributed by atoms with Gasteiger partial charge in [-0.3, -0.25) is 9.59 Å². The Morgan fingerprint density at radius 3 is 2.65 bits per heavy atom. The van der Waals surface area contributed by atoms with Crippen molar-refractivity contribution < 1.29 is 9.59 Å². The van der Waals surface area contributed by atoms with Crippen molar-refractivity contribution in [2.45, 2.75) is 25.8 Å². The lowest BCUT2D eigenvalue weighted by Gasteiger charge is -2.17. The summed E-state index contributed by atoms with van der Waals surface area (Å²) in [5.74, 6) is -0.534. The maximum Gasteiger partial charge on any atom is 0.287 e. The van der Waals surface area contributed by atoms with Crippen LogP contribution in [0.5, 0.6) is 0 Å². The van der Waals surface area contributed by atoms with Crippen molar-refractivity contribution >= 4 is 40.7 Å². The Bertz CT molecular complexity index is 856. The molecule has 6 nitrogen and oxygen atoms in total. The molecule has 2 amide bonds. The standard InChI is InChI=1S/C18H18Cl2N4O2/c1-2-9-21-18(26)16-22-15(13-8-3-4-10-24(13)16)17(25)23-14-11(19)6-5-7-12(14)20/h2,5-7H,1,3-4,8-10H2,(H,21,26)(H,23,25). The normalized spacial score (nSPS) is 13.0. The summed E-state index contributed by atoms with van der Waals surface area (Å²) in [6.07, 6.45) is 4.14. The second-order valence-electron chi connectivity index (χ2n) is 5.89. The van der Waals surface area contributed by atoms with Gasteiger partial charge in [0.25, 0.3) is 11.8 Å². The first-order valence-corrected chi connectivity index (χ1v) is 9.02. The fourth-order valence-electron chi connectivity index (χ4n) is 2.93. The zero-order valence-electron chi connectivity index (χ0n) is 14.0. The van der Waals surface area contributed by atoms with Crippen LogP contribution in [0.2, 0.25) is 10.0 Å². The van der Waals surface area contributed by atoms with Crippen LogP contribution in [-0.4, -0.2) is 27.9 Å². The van der Waals surface area contributed by atoms with Crippen LogP contribution in [0.3, 0.4) is 0 Å². The molecule has 26 heavy (non-hydrogen) atoms. The minimum Gasteiger partial charge on any atom is -0.346 e. The van der Waals surface area contributed by atoms with Crippen LogP contribution in [0.4, 0.5) is 5.69 Å². The molecule has 0 fully saturated rings. The number of halogens is 2. The highest BCUT2D eigenvalue weighted by Gasteiger charge is 2.27. The number of anilines is 1. The lowest BCUT2D eigenvalue weighted by molar-refractivity contribution is 0.0942. The summed E-state index contributed by atoms with van der Waals surface area (Å²) in [7, 11) is 0. The SMILES string of the molecule is C=CCNC(=O)c1nc(C(=O)Nc2c(Cl)cccc2Cl)c2n1CCCC2. The van der Waals surface area contributed by atoms with Crippen molar-refractivity contribution in [3.8, 4) is 0 Å². The Morgan fingerprint density at radius 1 is 1.23 bits per heavy atom. The molecule has 0 radical (unpaired) electrons. The van der Waals surface area contributed by atoms with E-state index in [0.29, 0.717) is 35.2 Å². The zero-order chi connectivity index (χ0) is 18.7. The Kier molecular flexibility index (Phi) is 5.64. The van der Waals surface area contributed by atoms with Gasteiger partial charge in [0.2, 0.25) is 0 Å². The molecule has 2 N–H and O–H groups in total. The Morgan fingerprint density at radius 2 is 1.96 bits per heavy atom. The summed E-state index contributed by atoms with van der Waals surface area (Å²) in [6, 6.07) is 4.97. The van der Waals surface area contributed by atoms with Crippen molar-refractivity contribution in [1.82, 2.24) is 14.9 Å². The van der Waals surface area contributed by atoms with Crippen molar-refractivity contribution in [2.24, 2.45) is 0 Å². The molecule has 1 aliphatic heterocycles. The van der Waals surface area contributed by atoms with Gasteiger partial charge in [-0.1, -0.05) is 35.3 Å². The summed E-state index contributed by atoms with van der Waals surface area (Å²) in [6.45, 7) is 4.56. The number of para-hydroxylation sites is 1. The average Bonchev–Trinajstić information content (AvgIpc) is 3.02. The third-order valence-electron chi connectivity index (χ3n) is 4.14. The van der Waals surface area contributed by atoms with Crippen LogP contribution in [0, 0.1) is 0 Å². The zero-order valence-corrected chi connectivity index (χ0v) is 15.5. The van der Waals surface area contributed by atoms with Gasteiger partial charge in [-0.15, -0.1) is 6.58 Å². The lowest BCUT2D eigenvalue weighted by atomic mass is 10.1. The van der Waals surface area contributed by atoms with Gasteiger partial charge in [-0.05, 0) is 31.4 Å². The second-order valence-corrected chi connectivity index (χ2v) is 6.70. The summed E-state index contributed by atoms with van der Waals surface area (Å²) in [5, 5.41) is 6.09. The number of nitrogens with one attached hydrogen (secondary N) is 2. The van der Waals surface area contributed by atoms with E-state index < -0.39 is 5.91 Å². The summed E-state index contributed by atoms with van der Waals surface area (Å²) >= 11 is 12.2. The molecule has 2 heterocycles. The van der Waals surface area contributed by atoms with Crippen molar-refractivity contribution in [3.63, 3.8) is 0 Å². The van der Waals surface area contributed by atoms with E-state index in [-0.39, 0.29) is 17.4 Å². The fourth-order valence-corrected chi connectivity index (χ4v) is 3.42. The van der Waals surface area contributed by atoms with Gasteiger partial charge in [0, 0.05) is 13.1 Å². The molecule has 2 aromatic rings. The molecule has 8 heteroatoms. The van der Waals surface area contributed by atoms with Crippen molar-refractivity contribution in [1.29, 1.82) is 0 Å². The van der Waals surface area contributed by atoms with E-state index in [4.69, 9.17) is 23.2 Å². The van der Waals surface area contributed by atoms with Crippen molar-refractivity contribution in [3.05, 3.63) is 58.1 Å². The Balaban J connectivity index is 1.94. The van der Waals surface area contributed by atoms with E-state index in [9.17, 15) is 9.59 Å². The largest absolute Gasteiger partial charge is 0.346 e. The van der Waals surface area contributed by atoms with Crippen LogP contribution >= 0.6 is 23.2 Å². The van der Waals surface area contributed by atoms with E-state index in [2.05, 4.69) is 22.2 Å². The van der Waals surface area contributed by atoms with E-state index in [0.717, 1.165) is 18.5 Å². The number of aromatic nitrogens is 2. The molecule has 1 aromatic carbocycles. The van der Waals surface area contributed by atoms with Crippen LogP contribution in [0.15, 0.2) is 30.9 Å². The van der Waals surface area contributed by atoms with Gasteiger partial charge in [-0.25, -0.2) is 4.98 Å². The number of hydrogen-bond acceptors (Lipinski definition) is 3. The first kappa shape index (κ1) is 18.5.